The van der Waals surface area contributed by atoms with Crippen LogP contribution in [0.5, 0.6) is 0 Å². The Bertz CT molecular complexity index is 3940. The van der Waals surface area contributed by atoms with Gasteiger partial charge in [0.1, 0.15) is 5.58 Å². The molecule has 12 rings (SSSR count). The van der Waals surface area contributed by atoms with Crippen LogP contribution in [0.25, 0.3) is 76.9 Å². The molecule has 0 amide bonds. The Balaban J connectivity index is 1.26. The third-order valence-corrected chi connectivity index (χ3v) is 14.5. The van der Waals surface area contributed by atoms with Gasteiger partial charge in [0.25, 0.3) is 0 Å². The fourth-order valence-electron chi connectivity index (χ4n) is 10.9. The van der Waals surface area contributed by atoms with Crippen LogP contribution in [0.2, 0.25) is 0 Å². The maximum absolute atomic E-state index is 7.52. The zero-order valence-electron chi connectivity index (χ0n) is 42.4. The molecule has 1 aromatic heterocycles. The number of anilines is 6. The van der Waals surface area contributed by atoms with Gasteiger partial charge in [0, 0.05) is 50.3 Å². The summed E-state index contributed by atoms with van der Waals surface area (Å²) in [5.74, 6) is 0. The zero-order chi connectivity index (χ0) is 49.8. The Morgan fingerprint density at radius 1 is 0.301 bits per heavy atom. The molecule has 12 aromatic rings. The zero-order valence-corrected chi connectivity index (χ0v) is 42.4. The van der Waals surface area contributed by atoms with E-state index in [1.165, 1.54) is 38.2 Å². The predicted octanol–water partition coefficient (Wildman–Crippen LogP) is 20.4. The van der Waals surface area contributed by atoms with Gasteiger partial charge in [0.2, 0.25) is 0 Å². The van der Waals surface area contributed by atoms with Crippen molar-refractivity contribution in [3.05, 3.63) is 254 Å². The lowest BCUT2D eigenvalue weighted by atomic mass is 9.81. The van der Waals surface area contributed by atoms with E-state index in [2.05, 4.69) is 294 Å². The maximum Gasteiger partial charge on any atom is 0.160 e. The van der Waals surface area contributed by atoms with Crippen molar-refractivity contribution in [3.63, 3.8) is 0 Å². The second-order valence-corrected chi connectivity index (χ2v) is 21.3. The van der Waals surface area contributed by atoms with E-state index in [0.717, 1.165) is 83.9 Å². The average molecular weight is 943 g/mol. The lowest BCUT2D eigenvalue weighted by Gasteiger charge is -2.31. The third kappa shape index (κ3) is 8.21. The molecule has 0 aliphatic carbocycles. The van der Waals surface area contributed by atoms with E-state index >= 15 is 0 Å². The molecule has 1 heterocycles. The lowest BCUT2D eigenvalue weighted by Crippen LogP contribution is -2.14. The van der Waals surface area contributed by atoms with E-state index < -0.39 is 0 Å². The summed E-state index contributed by atoms with van der Waals surface area (Å²) in [6.07, 6.45) is 0. The Morgan fingerprint density at radius 3 is 1.23 bits per heavy atom. The molecule has 0 N–H and O–H groups in total. The molecule has 0 fully saturated rings. The van der Waals surface area contributed by atoms with Crippen LogP contribution < -0.4 is 9.80 Å². The van der Waals surface area contributed by atoms with Crippen LogP contribution in [0.1, 0.15) is 52.7 Å². The molecule has 0 saturated heterocycles. The summed E-state index contributed by atoms with van der Waals surface area (Å²) in [7, 11) is 0. The predicted molar refractivity (Wildman–Crippen MR) is 312 cm³/mol. The number of hydrogen-bond acceptors (Lipinski definition) is 3. The molecule has 0 atom stereocenters. The molecule has 0 unspecified atom stereocenters. The van der Waals surface area contributed by atoms with Crippen molar-refractivity contribution in [2.24, 2.45) is 0 Å². The van der Waals surface area contributed by atoms with Crippen LogP contribution >= 0.6 is 0 Å². The van der Waals surface area contributed by atoms with Crippen LogP contribution in [0.4, 0.5) is 34.1 Å². The number of hydrogen-bond donors (Lipinski definition) is 0. The highest BCUT2D eigenvalue weighted by Gasteiger charge is 2.31. The Morgan fingerprint density at radius 2 is 0.712 bits per heavy atom. The molecule has 0 radical (unpaired) electrons. The monoisotopic (exact) mass is 942 g/mol. The first-order valence-electron chi connectivity index (χ1n) is 25.5. The maximum atomic E-state index is 7.52. The highest BCUT2D eigenvalue weighted by atomic mass is 16.3. The van der Waals surface area contributed by atoms with E-state index in [1.807, 2.05) is 0 Å². The Labute approximate surface area is 429 Å². The van der Waals surface area contributed by atoms with Gasteiger partial charge in [-0.15, -0.1) is 0 Å². The fourth-order valence-corrected chi connectivity index (χ4v) is 10.9. The van der Waals surface area contributed by atoms with E-state index in [9.17, 15) is 0 Å². The number of fused-ring (bicyclic) bond motifs is 6. The summed E-state index contributed by atoms with van der Waals surface area (Å²) in [5.41, 5.74) is 17.2. The smallest absolute Gasteiger partial charge is 0.160 e. The summed E-state index contributed by atoms with van der Waals surface area (Å²) in [5, 5.41) is 6.85. The molecule has 0 aliphatic rings. The second-order valence-electron chi connectivity index (χ2n) is 21.3. The quantitative estimate of drug-likeness (QED) is 0.134. The summed E-state index contributed by atoms with van der Waals surface area (Å²) in [4.78, 5) is 4.81. The highest BCUT2D eigenvalue weighted by molar-refractivity contribution is 6.27. The first-order chi connectivity index (χ1) is 35.5. The van der Waals surface area contributed by atoms with Crippen molar-refractivity contribution < 1.29 is 4.42 Å². The van der Waals surface area contributed by atoms with Crippen molar-refractivity contribution >= 4 is 77.6 Å². The standard InChI is InChI=1S/C70H58N2O/c1-69(2,3)49-35-39-53(40-36-49)71(51-27-15-9-16-28-51)55-43-44-63-61(45-55)62-46-60(47-23-11-7-12-24-47)66(65-59-34-22-20-32-57(59)56-31-19-21-33-58(56)64(65)48-25-13-8-14-26-48)67(68(62)73-63)72(52-29-17-10-18-30-52)54-41-37-50(38-42-54)70(4,5)6/h7-46H,1-6H3. The molecule has 3 heteroatoms. The second kappa shape index (κ2) is 18.2. The third-order valence-electron chi connectivity index (χ3n) is 14.5. The van der Waals surface area contributed by atoms with E-state index in [1.54, 1.807) is 0 Å². The van der Waals surface area contributed by atoms with Crippen LogP contribution in [0.3, 0.4) is 0 Å². The minimum absolute atomic E-state index is 0.0288. The SMILES string of the molecule is CC(C)(C)c1ccc(N(c2ccccc2)c2ccc3oc4c(N(c5ccccc5)c5ccc(C(C)(C)C)cc5)c(-c5c(-c6ccccc6)c6ccccc6c6ccccc56)c(-c5ccccc5)cc4c3c2)cc1. The molecule has 0 aliphatic heterocycles. The highest BCUT2D eigenvalue weighted by Crippen LogP contribution is 2.56. The molecular formula is C70H58N2O. The molecular weight excluding hydrogens is 885 g/mol. The van der Waals surface area contributed by atoms with Crippen molar-refractivity contribution in [1.29, 1.82) is 0 Å². The summed E-state index contributed by atoms with van der Waals surface area (Å²) in [6.45, 7) is 13.6. The summed E-state index contributed by atoms with van der Waals surface area (Å²) < 4.78 is 7.52. The molecule has 0 saturated carbocycles. The number of para-hydroxylation sites is 2. The number of nitrogens with zero attached hydrogens (tertiary/aromatic N) is 2. The molecule has 354 valence electrons. The summed E-state index contributed by atoms with van der Waals surface area (Å²) >= 11 is 0. The van der Waals surface area contributed by atoms with E-state index in [-0.39, 0.29) is 10.8 Å². The number of rotatable bonds is 9. The van der Waals surface area contributed by atoms with Gasteiger partial charge in [0.05, 0.1) is 5.69 Å². The van der Waals surface area contributed by atoms with Crippen molar-refractivity contribution in [2.45, 2.75) is 52.4 Å². The van der Waals surface area contributed by atoms with E-state index in [0.29, 0.717) is 0 Å². The average Bonchev–Trinajstić information content (AvgIpc) is 3.79. The van der Waals surface area contributed by atoms with Gasteiger partial charge in [-0.3, -0.25) is 0 Å². The van der Waals surface area contributed by atoms with Crippen molar-refractivity contribution in [3.8, 4) is 33.4 Å². The summed E-state index contributed by atoms with van der Waals surface area (Å²) in [6, 6.07) is 88.6. The fraction of sp³-hybridized carbons (Fsp3) is 0.114. The van der Waals surface area contributed by atoms with Gasteiger partial charge in [-0.25, -0.2) is 0 Å². The number of furan rings is 1. The Kier molecular flexibility index (Phi) is 11.3. The molecule has 73 heavy (non-hydrogen) atoms. The van der Waals surface area contributed by atoms with Gasteiger partial charge in [-0.05, 0) is 139 Å². The molecule has 11 aromatic carbocycles. The van der Waals surface area contributed by atoms with Crippen LogP contribution in [-0.4, -0.2) is 0 Å². The van der Waals surface area contributed by atoms with Gasteiger partial charge in [-0.1, -0.05) is 211 Å². The lowest BCUT2D eigenvalue weighted by molar-refractivity contribution is 0.590. The first kappa shape index (κ1) is 45.5. The largest absolute Gasteiger partial charge is 0.454 e. The van der Waals surface area contributed by atoms with Gasteiger partial charge >= 0.3 is 0 Å². The van der Waals surface area contributed by atoms with Crippen LogP contribution in [0.15, 0.2) is 247 Å². The van der Waals surface area contributed by atoms with E-state index in [4.69, 9.17) is 4.42 Å². The molecule has 0 spiro atoms. The minimum atomic E-state index is -0.0327. The van der Waals surface area contributed by atoms with Crippen molar-refractivity contribution in [1.82, 2.24) is 0 Å². The normalized spacial score (nSPS) is 12.0. The first-order valence-corrected chi connectivity index (χ1v) is 25.5. The van der Waals surface area contributed by atoms with Crippen LogP contribution in [0, 0.1) is 0 Å². The van der Waals surface area contributed by atoms with Gasteiger partial charge in [-0.2, -0.15) is 0 Å². The molecule has 3 nitrogen and oxygen atoms in total. The number of benzene rings is 11. The topological polar surface area (TPSA) is 19.6 Å². The van der Waals surface area contributed by atoms with Crippen LogP contribution in [-0.2, 0) is 10.8 Å². The van der Waals surface area contributed by atoms with Gasteiger partial charge in [0.15, 0.2) is 5.58 Å². The van der Waals surface area contributed by atoms with Crippen molar-refractivity contribution in [2.75, 3.05) is 9.80 Å². The molecule has 0 bridgehead atoms. The van der Waals surface area contributed by atoms with Gasteiger partial charge < -0.3 is 14.2 Å². The minimum Gasteiger partial charge on any atom is -0.454 e. The Hall–Kier alpha value is -8.66.